The maximum atomic E-state index is 13.2. The molecule has 0 unspecified atom stereocenters. The van der Waals surface area contributed by atoms with Crippen LogP contribution in [0.5, 0.6) is 5.75 Å². The molecule has 3 fully saturated rings. The van der Waals surface area contributed by atoms with Gasteiger partial charge in [0.25, 0.3) is 5.91 Å². The average molecular weight is 669 g/mol. The summed E-state index contributed by atoms with van der Waals surface area (Å²) in [7, 11) is 3.32. The second-order valence-electron chi connectivity index (χ2n) is 13.7. The van der Waals surface area contributed by atoms with Crippen molar-refractivity contribution in [2.24, 2.45) is 5.41 Å². The number of carbonyl (C=O) groups is 3. The first kappa shape index (κ1) is 32.6. The maximum Gasteiger partial charge on any atom is 0.410 e. The quantitative estimate of drug-likeness (QED) is 0.348. The number of aromatic nitrogens is 2. The van der Waals surface area contributed by atoms with Gasteiger partial charge < -0.3 is 29.5 Å². The third kappa shape index (κ3) is 6.59. The van der Waals surface area contributed by atoms with Crippen LogP contribution in [0.3, 0.4) is 0 Å². The Balaban J connectivity index is 0.941. The third-order valence-corrected chi connectivity index (χ3v) is 10.5. The van der Waals surface area contributed by atoms with E-state index in [1.807, 2.05) is 42.3 Å². The lowest BCUT2D eigenvalue weighted by atomic mass is 9.73. The van der Waals surface area contributed by atoms with Crippen molar-refractivity contribution in [1.29, 1.82) is 0 Å². The summed E-state index contributed by atoms with van der Waals surface area (Å²) in [6, 6.07) is 14.9. The Hall–Kier alpha value is -4.91. The fourth-order valence-electron chi connectivity index (χ4n) is 7.62. The molecule has 3 amide bonds. The van der Waals surface area contributed by atoms with E-state index in [9.17, 15) is 14.4 Å². The van der Waals surface area contributed by atoms with Crippen molar-refractivity contribution in [3.63, 3.8) is 0 Å². The molecule has 1 saturated carbocycles. The number of piperidine rings is 1. The van der Waals surface area contributed by atoms with E-state index in [1.54, 1.807) is 48.4 Å². The van der Waals surface area contributed by atoms with E-state index in [0.29, 0.717) is 41.7 Å². The first-order valence-corrected chi connectivity index (χ1v) is 17.1. The van der Waals surface area contributed by atoms with Gasteiger partial charge in [-0.05, 0) is 56.4 Å². The van der Waals surface area contributed by atoms with Gasteiger partial charge in [0.1, 0.15) is 24.1 Å². The van der Waals surface area contributed by atoms with Gasteiger partial charge in [-0.3, -0.25) is 15.0 Å². The van der Waals surface area contributed by atoms with E-state index in [2.05, 4.69) is 20.6 Å². The Morgan fingerprint density at radius 1 is 1.04 bits per heavy atom. The van der Waals surface area contributed by atoms with Gasteiger partial charge in [-0.1, -0.05) is 43.2 Å². The number of hydrogen-bond donors (Lipinski definition) is 2. The van der Waals surface area contributed by atoms with Gasteiger partial charge in [0, 0.05) is 50.2 Å². The van der Waals surface area contributed by atoms with E-state index in [-0.39, 0.29) is 42.0 Å². The molecule has 1 aromatic heterocycles. The largest absolute Gasteiger partial charge is 0.495 e. The van der Waals surface area contributed by atoms with Crippen molar-refractivity contribution >= 4 is 41.0 Å². The number of hydrazine groups is 1. The molecule has 0 radical (unpaired) electrons. The van der Waals surface area contributed by atoms with Crippen molar-refractivity contribution in [3.05, 3.63) is 65.9 Å². The minimum atomic E-state index is -0.307. The van der Waals surface area contributed by atoms with Crippen LogP contribution in [0, 0.1) is 5.41 Å². The summed E-state index contributed by atoms with van der Waals surface area (Å²) < 4.78 is 11.2. The van der Waals surface area contributed by atoms with Crippen LogP contribution < -0.4 is 25.3 Å². The molecule has 4 heterocycles. The molecule has 13 nitrogen and oxygen atoms in total. The lowest BCUT2D eigenvalue weighted by Gasteiger charge is -2.53. The topological polar surface area (TPSA) is 132 Å². The lowest BCUT2D eigenvalue weighted by molar-refractivity contribution is -0.119. The molecule has 1 aliphatic carbocycles. The number of anilines is 4. The number of nitrogens with zero attached hydrogens (tertiary/aromatic N) is 6. The second kappa shape index (κ2) is 13.5. The highest BCUT2D eigenvalue weighted by molar-refractivity contribution is 6.04. The summed E-state index contributed by atoms with van der Waals surface area (Å²) in [5, 5.41) is 5.20. The zero-order chi connectivity index (χ0) is 34.1. The van der Waals surface area contributed by atoms with Gasteiger partial charge in [-0.15, -0.1) is 0 Å². The number of benzene rings is 2. The van der Waals surface area contributed by atoms with Crippen molar-refractivity contribution < 1.29 is 23.9 Å². The molecule has 2 aromatic carbocycles. The Bertz CT molecular complexity index is 1700. The van der Waals surface area contributed by atoms with E-state index >= 15 is 0 Å². The van der Waals surface area contributed by atoms with Gasteiger partial charge in [-0.2, -0.15) is 4.98 Å². The first-order chi connectivity index (χ1) is 23.7. The molecular weight excluding hydrogens is 624 g/mol. The zero-order valence-corrected chi connectivity index (χ0v) is 28.4. The first-order valence-electron chi connectivity index (χ1n) is 17.1. The third-order valence-electron chi connectivity index (χ3n) is 10.5. The fraction of sp³-hybridized carbons (Fsp3) is 0.472. The van der Waals surface area contributed by atoms with E-state index < -0.39 is 0 Å². The van der Waals surface area contributed by atoms with Crippen LogP contribution in [0.4, 0.5) is 27.9 Å². The number of likely N-dealkylation sites (N-methyl/N-ethyl adjacent to an activating group) is 1. The lowest BCUT2D eigenvalue weighted by Crippen LogP contribution is -2.65. The number of ether oxygens (including phenoxy) is 2. The minimum absolute atomic E-state index is 0.0368. The number of hydrogen-bond acceptors (Lipinski definition) is 10. The molecule has 1 spiro atoms. The van der Waals surface area contributed by atoms with Gasteiger partial charge in [0.15, 0.2) is 5.82 Å². The molecule has 0 bridgehead atoms. The normalized spacial score (nSPS) is 20.5. The second-order valence-corrected chi connectivity index (χ2v) is 13.7. The SMILES string of the molecule is COc1cc(C(=O)NN2CC3(CCN(C(=O)OCc4ccccc4)CC3)C2)ccc1Nc1ncc2c(n1)N(C1CCCC1)[C@H](C)C(=O)N2C. The summed E-state index contributed by atoms with van der Waals surface area (Å²) in [6.07, 6.45) is 7.50. The number of amides is 3. The van der Waals surface area contributed by atoms with Crippen LogP contribution in [0.1, 0.15) is 61.4 Å². The minimum Gasteiger partial charge on any atom is -0.495 e. The molecular formula is C36H44N8O5. The van der Waals surface area contributed by atoms with Crippen LogP contribution in [-0.2, 0) is 16.1 Å². The summed E-state index contributed by atoms with van der Waals surface area (Å²) in [5.74, 6) is 1.42. The number of carbonyl (C=O) groups excluding carboxylic acids is 3. The summed E-state index contributed by atoms with van der Waals surface area (Å²) >= 11 is 0. The highest BCUT2D eigenvalue weighted by Crippen LogP contribution is 2.41. The Morgan fingerprint density at radius 3 is 2.49 bits per heavy atom. The predicted octanol–water partition coefficient (Wildman–Crippen LogP) is 4.72. The molecule has 4 aliphatic rings. The molecule has 258 valence electrons. The van der Waals surface area contributed by atoms with Crippen LogP contribution in [0.25, 0.3) is 0 Å². The highest BCUT2D eigenvalue weighted by Gasteiger charge is 2.46. The van der Waals surface area contributed by atoms with Gasteiger partial charge in [0.05, 0.1) is 19.0 Å². The Morgan fingerprint density at radius 2 is 1.78 bits per heavy atom. The summed E-state index contributed by atoms with van der Waals surface area (Å²) in [5.41, 5.74) is 5.85. The number of likely N-dealkylation sites (tertiary alicyclic amines) is 1. The molecule has 3 aromatic rings. The predicted molar refractivity (Wildman–Crippen MR) is 185 cm³/mol. The standard InChI is InChI=1S/C36H44N8O5/c1-24-33(46)41(2)29-20-37-34(39-31(29)44(24)27-11-7-8-12-27)38-28-14-13-26(19-30(28)48-3)32(45)40-43-22-36(23-43)15-17-42(18-16-36)35(47)49-21-25-9-5-4-6-10-25/h4-6,9-10,13-14,19-20,24,27H,7-8,11-12,15-18,21-23H2,1-3H3,(H,40,45)(H,37,38,39)/t24-/m1/s1. The van der Waals surface area contributed by atoms with Crippen molar-refractivity contribution in [2.45, 2.75) is 64.1 Å². The van der Waals surface area contributed by atoms with Crippen molar-refractivity contribution in [1.82, 2.24) is 25.3 Å². The van der Waals surface area contributed by atoms with Gasteiger partial charge >= 0.3 is 6.09 Å². The molecule has 2 N–H and O–H groups in total. The average Bonchev–Trinajstić information content (AvgIpc) is 3.64. The van der Waals surface area contributed by atoms with Crippen molar-refractivity contribution in [3.8, 4) is 5.75 Å². The highest BCUT2D eigenvalue weighted by atomic mass is 16.6. The monoisotopic (exact) mass is 668 g/mol. The van der Waals surface area contributed by atoms with E-state index in [1.165, 1.54) is 0 Å². The number of fused-ring (bicyclic) bond motifs is 1. The van der Waals surface area contributed by atoms with Crippen LogP contribution in [0.15, 0.2) is 54.7 Å². The van der Waals surface area contributed by atoms with Crippen LogP contribution in [-0.4, -0.2) is 90.2 Å². The molecule has 7 rings (SSSR count). The molecule has 49 heavy (non-hydrogen) atoms. The summed E-state index contributed by atoms with van der Waals surface area (Å²) in [6.45, 7) is 4.95. The molecule has 2 saturated heterocycles. The van der Waals surface area contributed by atoms with Gasteiger partial charge in [0.2, 0.25) is 11.9 Å². The molecule has 3 aliphatic heterocycles. The molecule has 1 atom stereocenters. The van der Waals surface area contributed by atoms with E-state index in [0.717, 1.165) is 63.0 Å². The smallest absolute Gasteiger partial charge is 0.410 e. The van der Waals surface area contributed by atoms with Crippen LogP contribution >= 0.6 is 0 Å². The van der Waals surface area contributed by atoms with Gasteiger partial charge in [-0.25, -0.2) is 14.8 Å². The van der Waals surface area contributed by atoms with Crippen molar-refractivity contribution in [2.75, 3.05) is 55.5 Å². The summed E-state index contributed by atoms with van der Waals surface area (Å²) in [4.78, 5) is 53.8. The fourth-order valence-corrected chi connectivity index (χ4v) is 7.62. The Labute approximate surface area is 286 Å². The van der Waals surface area contributed by atoms with E-state index in [4.69, 9.17) is 14.5 Å². The zero-order valence-electron chi connectivity index (χ0n) is 28.4. The number of rotatable bonds is 8. The number of methoxy groups -OCH3 is 1. The molecule has 13 heteroatoms. The van der Waals surface area contributed by atoms with Crippen LogP contribution in [0.2, 0.25) is 0 Å². The number of nitrogens with one attached hydrogen (secondary N) is 2. The Kier molecular flexibility index (Phi) is 9.01. The maximum absolute atomic E-state index is 13.2.